The summed E-state index contributed by atoms with van der Waals surface area (Å²) in [5, 5.41) is 12.1. The molecule has 226 valence electrons. The molecule has 4 atom stereocenters. The molecule has 0 bridgehead atoms. The Morgan fingerprint density at radius 2 is 1.86 bits per heavy atom. The van der Waals surface area contributed by atoms with Crippen LogP contribution < -0.4 is 5.32 Å². The van der Waals surface area contributed by atoms with Crippen LogP contribution in [0.3, 0.4) is 0 Å². The Morgan fingerprint density at radius 3 is 2.57 bits per heavy atom. The molecule has 2 heterocycles. The average molecular weight is 586 g/mol. The lowest BCUT2D eigenvalue weighted by Crippen LogP contribution is -2.60. The van der Waals surface area contributed by atoms with Crippen LogP contribution in [0.25, 0.3) is 0 Å². The van der Waals surface area contributed by atoms with Crippen molar-refractivity contribution in [1.29, 1.82) is 5.26 Å². The van der Waals surface area contributed by atoms with Crippen LogP contribution in [0, 0.1) is 23.0 Å². The lowest BCUT2D eigenvalue weighted by atomic mass is 9.78. The number of carbonyl (C=O) groups excluding carboxylic acids is 1. The number of hydrogen-bond acceptors (Lipinski definition) is 8. The van der Waals surface area contributed by atoms with Crippen molar-refractivity contribution in [2.24, 2.45) is 0 Å². The fraction of sp³-hybridized carbons (Fsp3) is 0.548. The van der Waals surface area contributed by atoms with Crippen molar-refractivity contribution in [2.45, 2.75) is 69.6 Å². The predicted octanol–water partition coefficient (Wildman–Crippen LogP) is 3.44. The summed E-state index contributed by atoms with van der Waals surface area (Å²) in [5.74, 6) is -2.70. The highest BCUT2D eigenvalue weighted by molar-refractivity contribution is 5.85. The molecule has 0 radical (unpaired) electrons. The third kappa shape index (κ3) is 7.32. The van der Waals surface area contributed by atoms with Crippen LogP contribution in [0.5, 0.6) is 0 Å². The Morgan fingerprint density at radius 1 is 1.10 bits per heavy atom. The van der Waals surface area contributed by atoms with Crippen molar-refractivity contribution in [2.75, 3.05) is 39.4 Å². The maximum Gasteiger partial charge on any atom is 0.252 e. The molecule has 42 heavy (non-hydrogen) atoms. The second kappa shape index (κ2) is 13.1. The molecule has 2 saturated heterocycles. The fourth-order valence-corrected chi connectivity index (χ4v) is 5.75. The molecule has 1 saturated carbocycles. The van der Waals surface area contributed by atoms with E-state index in [2.05, 4.69) is 16.3 Å². The van der Waals surface area contributed by atoms with Gasteiger partial charge in [0.25, 0.3) is 5.91 Å². The molecule has 3 fully saturated rings. The molecule has 1 N–H and O–H groups in total. The van der Waals surface area contributed by atoms with Crippen LogP contribution in [-0.2, 0) is 41.7 Å². The molecule has 1 aliphatic carbocycles. The molecule has 2 aromatic carbocycles. The molecule has 2 aromatic rings. The van der Waals surface area contributed by atoms with Gasteiger partial charge in [-0.2, -0.15) is 5.26 Å². The van der Waals surface area contributed by atoms with Gasteiger partial charge in [0.05, 0.1) is 50.3 Å². The quantitative estimate of drug-likeness (QED) is 0.453. The lowest BCUT2D eigenvalue weighted by Gasteiger charge is -2.43. The Balaban J connectivity index is 1.37. The van der Waals surface area contributed by atoms with Crippen molar-refractivity contribution in [1.82, 2.24) is 10.2 Å². The molecular formula is C31H37F2N3O6. The van der Waals surface area contributed by atoms with Crippen molar-refractivity contribution in [3.63, 3.8) is 0 Å². The fourth-order valence-electron chi connectivity index (χ4n) is 5.75. The van der Waals surface area contributed by atoms with E-state index >= 15 is 0 Å². The standard InChI is InChI=1S/C31H37F2N3O6/c1-30(2)41-27-17-31(40-20-23-7-8-24(32)15-25(23)33,29(37)35-9-10-36-11-13-38-14-12-36)16-26(28(27)42-30)39-19-22-5-3-21(18-34)4-6-22/h3-8,15,26-28H,9-14,16-17,19-20H2,1-2H3,(H,35,37)/t26-,27+,28-,31+/m0/s1. The second-order valence-corrected chi connectivity index (χ2v) is 11.4. The zero-order valence-electron chi connectivity index (χ0n) is 23.9. The number of nitrogens with one attached hydrogen (secondary N) is 1. The number of morpholine rings is 1. The number of amides is 1. The Bertz CT molecular complexity index is 1280. The summed E-state index contributed by atoms with van der Waals surface area (Å²) < 4.78 is 58.6. The smallest absolute Gasteiger partial charge is 0.252 e. The van der Waals surface area contributed by atoms with Crippen molar-refractivity contribution < 1.29 is 37.3 Å². The van der Waals surface area contributed by atoms with E-state index in [1.54, 1.807) is 12.1 Å². The first-order chi connectivity index (χ1) is 20.2. The number of rotatable bonds is 10. The maximum absolute atomic E-state index is 14.6. The summed E-state index contributed by atoms with van der Waals surface area (Å²) >= 11 is 0. The minimum atomic E-state index is -1.42. The van der Waals surface area contributed by atoms with Crippen LogP contribution in [0.15, 0.2) is 42.5 Å². The van der Waals surface area contributed by atoms with Gasteiger partial charge in [0.2, 0.25) is 0 Å². The monoisotopic (exact) mass is 585 g/mol. The molecule has 0 spiro atoms. The third-order valence-electron chi connectivity index (χ3n) is 7.95. The van der Waals surface area contributed by atoms with E-state index in [1.165, 1.54) is 6.07 Å². The summed E-state index contributed by atoms with van der Waals surface area (Å²) in [6.07, 6.45) is -1.27. The van der Waals surface area contributed by atoms with Gasteiger partial charge >= 0.3 is 0 Å². The highest BCUT2D eigenvalue weighted by atomic mass is 19.1. The highest BCUT2D eigenvalue weighted by Crippen LogP contribution is 2.44. The molecule has 9 nitrogen and oxygen atoms in total. The van der Waals surface area contributed by atoms with E-state index in [0.29, 0.717) is 31.9 Å². The third-order valence-corrected chi connectivity index (χ3v) is 7.95. The van der Waals surface area contributed by atoms with Crippen molar-refractivity contribution in [3.8, 4) is 6.07 Å². The predicted molar refractivity (Wildman–Crippen MR) is 147 cm³/mol. The summed E-state index contributed by atoms with van der Waals surface area (Å²) in [4.78, 5) is 16.2. The summed E-state index contributed by atoms with van der Waals surface area (Å²) in [6.45, 7) is 7.50. The Labute approximate surface area is 244 Å². The molecule has 0 aromatic heterocycles. The van der Waals surface area contributed by atoms with Crippen LogP contribution in [-0.4, -0.2) is 79.9 Å². The van der Waals surface area contributed by atoms with Crippen LogP contribution in [0.2, 0.25) is 0 Å². The number of ether oxygens (including phenoxy) is 5. The number of carbonyl (C=O) groups is 1. The van der Waals surface area contributed by atoms with Crippen LogP contribution >= 0.6 is 0 Å². The van der Waals surface area contributed by atoms with Gasteiger partial charge in [-0.1, -0.05) is 18.2 Å². The number of halogens is 2. The topological polar surface area (TPSA) is 102 Å². The Hall–Kier alpha value is -2.98. The first-order valence-electron chi connectivity index (χ1n) is 14.3. The van der Waals surface area contributed by atoms with Gasteiger partial charge in [-0.05, 0) is 37.6 Å². The maximum atomic E-state index is 14.6. The lowest BCUT2D eigenvalue weighted by molar-refractivity contribution is -0.183. The highest BCUT2D eigenvalue weighted by Gasteiger charge is 2.58. The number of benzene rings is 2. The van der Waals surface area contributed by atoms with E-state index in [9.17, 15) is 13.6 Å². The minimum Gasteiger partial charge on any atom is -0.379 e. The summed E-state index contributed by atoms with van der Waals surface area (Å²) in [6, 6.07) is 12.4. The molecular weight excluding hydrogens is 548 g/mol. The minimum absolute atomic E-state index is 0.135. The van der Waals surface area contributed by atoms with Crippen LogP contribution in [0.1, 0.15) is 43.4 Å². The molecule has 3 aliphatic rings. The first kappa shape index (κ1) is 30.5. The molecule has 5 rings (SSSR count). The van der Waals surface area contributed by atoms with E-state index in [4.69, 9.17) is 28.9 Å². The van der Waals surface area contributed by atoms with E-state index in [0.717, 1.165) is 30.8 Å². The van der Waals surface area contributed by atoms with Crippen LogP contribution in [0.4, 0.5) is 8.78 Å². The molecule has 1 amide bonds. The summed E-state index contributed by atoms with van der Waals surface area (Å²) in [5.41, 5.74) is 0.105. The summed E-state index contributed by atoms with van der Waals surface area (Å²) in [7, 11) is 0. The van der Waals surface area contributed by atoms with Gasteiger partial charge in [0, 0.05) is 50.7 Å². The Kier molecular flexibility index (Phi) is 9.52. The van der Waals surface area contributed by atoms with E-state index in [-0.39, 0.29) is 37.5 Å². The molecule has 2 aliphatic heterocycles. The largest absolute Gasteiger partial charge is 0.379 e. The van der Waals surface area contributed by atoms with Gasteiger partial charge in [0.15, 0.2) is 11.4 Å². The second-order valence-electron chi connectivity index (χ2n) is 11.4. The van der Waals surface area contributed by atoms with E-state index < -0.39 is 41.3 Å². The van der Waals surface area contributed by atoms with Crippen molar-refractivity contribution >= 4 is 5.91 Å². The van der Waals surface area contributed by atoms with Gasteiger partial charge in [-0.3, -0.25) is 9.69 Å². The molecule has 0 unspecified atom stereocenters. The van der Waals surface area contributed by atoms with Gasteiger partial charge < -0.3 is 29.0 Å². The molecule has 11 heteroatoms. The van der Waals surface area contributed by atoms with Gasteiger partial charge in [0.1, 0.15) is 17.7 Å². The average Bonchev–Trinajstić information content (AvgIpc) is 3.29. The first-order valence-corrected chi connectivity index (χ1v) is 14.3. The van der Waals surface area contributed by atoms with Gasteiger partial charge in [-0.15, -0.1) is 0 Å². The zero-order valence-corrected chi connectivity index (χ0v) is 23.9. The van der Waals surface area contributed by atoms with Gasteiger partial charge in [-0.25, -0.2) is 8.78 Å². The van der Waals surface area contributed by atoms with E-state index in [1.807, 2.05) is 26.0 Å². The number of nitriles is 1. The SMILES string of the molecule is CC1(C)O[C@H]2[C@@H](OCc3ccc(C#N)cc3)C[C@](OCc3ccc(F)cc3F)(C(=O)NCCN3CCOCC3)C[C@H]2O1. The number of fused-ring (bicyclic) bond motifs is 1. The number of nitrogens with zero attached hydrogens (tertiary/aromatic N) is 2. The normalized spacial score (nSPS) is 27.3. The number of hydrogen-bond donors (Lipinski definition) is 1. The zero-order chi connectivity index (χ0) is 29.7. The van der Waals surface area contributed by atoms with Crippen molar-refractivity contribution in [3.05, 3.63) is 70.8 Å².